The number of nitrogens with one attached hydrogen (secondary N) is 2. The first-order valence-corrected chi connectivity index (χ1v) is 8.20. The van der Waals surface area contributed by atoms with Gasteiger partial charge in [0, 0.05) is 17.5 Å². The molecule has 2 aromatic rings. The Labute approximate surface area is 128 Å². The summed E-state index contributed by atoms with van der Waals surface area (Å²) >= 11 is 1.69. The highest BCUT2D eigenvalue weighted by molar-refractivity contribution is 7.18. The Morgan fingerprint density at radius 2 is 2.19 bits per heavy atom. The number of anilines is 2. The molecule has 0 aliphatic heterocycles. The molecule has 0 atom stereocenters. The number of nitrogens with two attached hydrogens (primary N) is 1. The average molecular weight is 307 g/mol. The van der Waals surface area contributed by atoms with E-state index in [2.05, 4.69) is 33.7 Å². The number of fused-ring (bicyclic) bond motifs is 1. The zero-order valence-electron chi connectivity index (χ0n) is 12.3. The van der Waals surface area contributed by atoms with Gasteiger partial charge in [-0.15, -0.1) is 11.3 Å². The molecular formula is C14H21N5OS. The number of nitrogens with zero attached hydrogens (tertiary/aromatic N) is 2. The molecule has 7 heteroatoms. The number of hydrogen-bond acceptors (Lipinski definition) is 7. The summed E-state index contributed by atoms with van der Waals surface area (Å²) in [5.41, 5.74) is 2.54. The third kappa shape index (κ3) is 2.95. The maximum absolute atomic E-state index is 5.60. The molecule has 2 aromatic heterocycles. The highest BCUT2D eigenvalue weighted by atomic mass is 32.1. The van der Waals surface area contributed by atoms with Crippen molar-refractivity contribution in [3.05, 3.63) is 10.9 Å². The molecule has 3 rings (SSSR count). The molecule has 0 spiro atoms. The molecule has 0 radical (unpaired) electrons. The molecule has 0 unspecified atom stereocenters. The zero-order chi connectivity index (χ0) is 14.8. The molecule has 4 N–H and O–H groups in total. The van der Waals surface area contributed by atoms with Crippen molar-refractivity contribution in [3.8, 4) is 0 Å². The molecule has 1 aliphatic carbocycles. The van der Waals surface area contributed by atoms with Crippen molar-refractivity contribution < 1.29 is 4.74 Å². The van der Waals surface area contributed by atoms with Gasteiger partial charge in [0.2, 0.25) is 5.95 Å². The number of hydrazine groups is 1. The van der Waals surface area contributed by atoms with E-state index >= 15 is 0 Å². The van der Waals surface area contributed by atoms with E-state index in [-0.39, 0.29) is 0 Å². The Morgan fingerprint density at radius 3 is 2.86 bits per heavy atom. The largest absolute Gasteiger partial charge is 0.378 e. The second-order valence-corrected chi connectivity index (χ2v) is 6.33. The lowest BCUT2D eigenvalue weighted by atomic mass is 9.89. The Hall–Kier alpha value is -1.44. The minimum absolute atomic E-state index is 0.380. The van der Waals surface area contributed by atoms with Crippen LogP contribution in [-0.4, -0.2) is 28.7 Å². The fourth-order valence-electron chi connectivity index (χ4n) is 2.57. The molecule has 0 amide bonds. The van der Waals surface area contributed by atoms with Gasteiger partial charge in [0.05, 0.1) is 11.5 Å². The van der Waals surface area contributed by atoms with Gasteiger partial charge >= 0.3 is 0 Å². The van der Waals surface area contributed by atoms with Crippen LogP contribution in [0.4, 0.5) is 11.8 Å². The lowest BCUT2D eigenvalue weighted by Crippen LogP contribution is -2.41. The normalized spacial score (nSPS) is 21.3. The van der Waals surface area contributed by atoms with Crippen LogP contribution in [0.3, 0.4) is 0 Å². The van der Waals surface area contributed by atoms with Gasteiger partial charge in [-0.05, 0) is 32.3 Å². The smallest absolute Gasteiger partial charge is 0.240 e. The zero-order valence-corrected chi connectivity index (χ0v) is 13.2. The highest BCUT2D eigenvalue weighted by Crippen LogP contribution is 2.33. The topological polar surface area (TPSA) is 85.1 Å². The van der Waals surface area contributed by atoms with Crippen LogP contribution >= 0.6 is 11.3 Å². The summed E-state index contributed by atoms with van der Waals surface area (Å²) in [6.45, 7) is 4.96. The van der Waals surface area contributed by atoms with Crippen LogP contribution in [0.2, 0.25) is 0 Å². The predicted octanol–water partition coefficient (Wildman–Crippen LogP) is 2.52. The van der Waals surface area contributed by atoms with Crippen LogP contribution in [0.15, 0.2) is 6.07 Å². The van der Waals surface area contributed by atoms with Gasteiger partial charge in [-0.3, -0.25) is 5.43 Å². The number of aromatic nitrogens is 2. The van der Waals surface area contributed by atoms with Crippen molar-refractivity contribution in [3.63, 3.8) is 0 Å². The van der Waals surface area contributed by atoms with E-state index in [1.54, 1.807) is 11.3 Å². The molecular weight excluding hydrogens is 286 g/mol. The van der Waals surface area contributed by atoms with Crippen LogP contribution in [0.25, 0.3) is 10.2 Å². The van der Waals surface area contributed by atoms with Gasteiger partial charge < -0.3 is 10.1 Å². The number of hydrogen-bond donors (Lipinski definition) is 3. The monoisotopic (exact) mass is 307 g/mol. The molecule has 0 bridgehead atoms. The highest BCUT2D eigenvalue weighted by Gasteiger charge is 2.30. The second kappa shape index (κ2) is 6.13. The molecule has 1 fully saturated rings. The minimum Gasteiger partial charge on any atom is -0.378 e. The van der Waals surface area contributed by atoms with Crippen molar-refractivity contribution in [1.29, 1.82) is 0 Å². The van der Waals surface area contributed by atoms with Crippen LogP contribution in [0.5, 0.6) is 0 Å². The van der Waals surface area contributed by atoms with E-state index < -0.39 is 0 Å². The fraction of sp³-hybridized carbons (Fsp3) is 0.571. The van der Waals surface area contributed by atoms with Gasteiger partial charge in [-0.25, -0.2) is 10.8 Å². The van der Waals surface area contributed by atoms with E-state index in [1.807, 2.05) is 6.92 Å². The van der Waals surface area contributed by atoms with Gasteiger partial charge in [0.25, 0.3) is 0 Å². The fourth-order valence-corrected chi connectivity index (χ4v) is 3.54. The maximum Gasteiger partial charge on any atom is 0.240 e. The van der Waals surface area contributed by atoms with Crippen LogP contribution in [0, 0.1) is 0 Å². The van der Waals surface area contributed by atoms with Crippen molar-refractivity contribution in [2.45, 2.75) is 45.3 Å². The molecule has 1 saturated carbocycles. The van der Waals surface area contributed by atoms with Gasteiger partial charge in [-0.1, -0.05) is 6.92 Å². The lowest BCUT2D eigenvalue weighted by molar-refractivity contribution is 0.00295. The van der Waals surface area contributed by atoms with E-state index in [0.29, 0.717) is 18.1 Å². The van der Waals surface area contributed by atoms with Crippen LogP contribution in [0.1, 0.15) is 31.6 Å². The van der Waals surface area contributed by atoms with Gasteiger partial charge in [0.15, 0.2) is 0 Å². The summed E-state index contributed by atoms with van der Waals surface area (Å²) < 4.78 is 5.60. The second-order valence-electron chi connectivity index (χ2n) is 5.22. The summed E-state index contributed by atoms with van der Waals surface area (Å²) in [6.07, 6.45) is 3.43. The van der Waals surface area contributed by atoms with Crippen molar-refractivity contribution >= 4 is 33.3 Å². The predicted molar refractivity (Wildman–Crippen MR) is 86.7 cm³/mol. The number of rotatable bonds is 6. The first-order valence-electron chi connectivity index (χ1n) is 7.38. The van der Waals surface area contributed by atoms with Crippen LogP contribution in [-0.2, 0) is 11.2 Å². The number of nitrogen functional groups attached to an aromatic ring is 1. The quantitative estimate of drug-likeness (QED) is 0.562. The number of ether oxygens (including phenoxy) is 1. The van der Waals surface area contributed by atoms with Crippen molar-refractivity contribution in [1.82, 2.24) is 9.97 Å². The summed E-state index contributed by atoms with van der Waals surface area (Å²) in [6, 6.07) is 2.58. The third-order valence-electron chi connectivity index (χ3n) is 3.76. The standard InChI is InChI=1S/C14H21N5OS/c1-3-10-7-11-12(16-8-5-9(6-8)20-4-2)17-14(19-15)18-13(11)21-10/h7-9H,3-6,15H2,1-2H3,(H2,16,17,18,19). The average Bonchev–Trinajstić information content (AvgIpc) is 2.88. The SMILES string of the molecule is CCOC1CC(Nc2nc(NN)nc3sc(CC)cc23)C1. The summed E-state index contributed by atoms with van der Waals surface area (Å²) in [5, 5.41) is 4.58. The Bertz CT molecular complexity index is 623. The first-order chi connectivity index (χ1) is 10.2. The van der Waals surface area contributed by atoms with Crippen LogP contribution < -0.4 is 16.6 Å². The molecule has 2 heterocycles. The van der Waals surface area contributed by atoms with Gasteiger partial charge in [-0.2, -0.15) is 4.98 Å². The minimum atomic E-state index is 0.380. The summed E-state index contributed by atoms with van der Waals surface area (Å²) in [4.78, 5) is 11.2. The van der Waals surface area contributed by atoms with E-state index in [1.165, 1.54) is 4.88 Å². The molecule has 114 valence electrons. The van der Waals surface area contributed by atoms with E-state index in [0.717, 1.165) is 41.9 Å². The molecule has 21 heavy (non-hydrogen) atoms. The number of thiophene rings is 1. The number of aryl methyl sites for hydroxylation is 1. The molecule has 0 saturated heterocycles. The first kappa shape index (κ1) is 14.5. The molecule has 6 nitrogen and oxygen atoms in total. The lowest BCUT2D eigenvalue weighted by Gasteiger charge is -2.35. The Kier molecular flexibility index (Phi) is 4.23. The summed E-state index contributed by atoms with van der Waals surface area (Å²) in [5.74, 6) is 6.79. The van der Waals surface area contributed by atoms with Gasteiger partial charge in [0.1, 0.15) is 10.6 Å². The van der Waals surface area contributed by atoms with Crippen molar-refractivity contribution in [2.24, 2.45) is 5.84 Å². The molecule has 0 aromatic carbocycles. The summed E-state index contributed by atoms with van der Waals surface area (Å²) in [7, 11) is 0. The van der Waals surface area contributed by atoms with E-state index in [4.69, 9.17) is 10.6 Å². The Balaban J connectivity index is 1.81. The third-order valence-corrected chi connectivity index (χ3v) is 4.93. The maximum atomic E-state index is 5.60. The Morgan fingerprint density at radius 1 is 1.38 bits per heavy atom. The van der Waals surface area contributed by atoms with Crippen molar-refractivity contribution in [2.75, 3.05) is 17.3 Å². The molecule has 1 aliphatic rings. The van der Waals surface area contributed by atoms with E-state index in [9.17, 15) is 0 Å².